The molecule has 0 aromatic rings. The lowest BCUT2D eigenvalue weighted by Crippen LogP contribution is -2.40. The highest BCUT2D eigenvalue weighted by Crippen LogP contribution is 2.28. The van der Waals surface area contributed by atoms with Crippen LogP contribution < -0.4 is 5.32 Å². The first kappa shape index (κ1) is 16.1. The molecule has 0 aliphatic heterocycles. The van der Waals surface area contributed by atoms with Gasteiger partial charge in [-0.25, -0.2) is 4.79 Å². The predicted molar refractivity (Wildman–Crippen MR) is 79.2 cm³/mol. The molecule has 1 aliphatic rings. The van der Waals surface area contributed by atoms with Gasteiger partial charge in [0.2, 0.25) is 0 Å². The highest BCUT2D eigenvalue weighted by atomic mass is 16.6. The Morgan fingerprint density at radius 1 is 1.26 bits per heavy atom. The fraction of sp³-hybridized carbons (Fsp3) is 0.812. The molecule has 0 saturated heterocycles. The number of alkyl carbamates (subject to hydrolysis) is 1. The van der Waals surface area contributed by atoms with E-state index in [4.69, 9.17) is 4.74 Å². The summed E-state index contributed by atoms with van der Waals surface area (Å²) in [5.41, 5.74) is -0.409. The van der Waals surface area contributed by atoms with Gasteiger partial charge in [-0.15, -0.1) is 0 Å². The smallest absolute Gasteiger partial charge is 0.407 e. The fourth-order valence-corrected chi connectivity index (χ4v) is 2.57. The minimum absolute atomic E-state index is 0.273. The van der Waals surface area contributed by atoms with Gasteiger partial charge >= 0.3 is 6.09 Å². The first-order chi connectivity index (χ1) is 8.90. The second kappa shape index (κ2) is 7.56. The molecule has 0 aromatic heterocycles. The molecule has 1 N–H and O–H groups in total. The van der Waals surface area contributed by atoms with Crippen molar-refractivity contribution < 1.29 is 9.53 Å². The summed E-state index contributed by atoms with van der Waals surface area (Å²) >= 11 is 0. The summed E-state index contributed by atoms with van der Waals surface area (Å²) in [7, 11) is 0. The summed E-state index contributed by atoms with van der Waals surface area (Å²) in [5.74, 6) is 0.827. The number of carbonyl (C=O) groups is 1. The van der Waals surface area contributed by atoms with Crippen molar-refractivity contribution in [2.75, 3.05) is 0 Å². The summed E-state index contributed by atoms with van der Waals surface area (Å²) in [6.07, 6.45) is 11.2. The van der Waals surface area contributed by atoms with Gasteiger partial charge < -0.3 is 10.1 Å². The third-order valence-corrected chi connectivity index (χ3v) is 3.54. The van der Waals surface area contributed by atoms with Gasteiger partial charge in [-0.1, -0.05) is 12.2 Å². The second-order valence-corrected chi connectivity index (χ2v) is 6.51. The van der Waals surface area contributed by atoms with Crippen molar-refractivity contribution in [1.29, 1.82) is 0 Å². The average molecular weight is 267 g/mol. The van der Waals surface area contributed by atoms with Crippen molar-refractivity contribution in [2.45, 2.75) is 77.9 Å². The largest absolute Gasteiger partial charge is 0.444 e. The molecule has 3 heteroatoms. The Morgan fingerprint density at radius 2 is 1.89 bits per heavy atom. The first-order valence-corrected chi connectivity index (χ1v) is 7.51. The van der Waals surface area contributed by atoms with E-state index >= 15 is 0 Å². The van der Waals surface area contributed by atoms with Gasteiger partial charge in [0.05, 0.1) is 0 Å². The molecule has 0 unspecified atom stereocenters. The predicted octanol–water partition coefficient (Wildman–Crippen LogP) is 4.43. The Labute approximate surface area is 117 Å². The third kappa shape index (κ3) is 7.24. The zero-order valence-electron chi connectivity index (χ0n) is 12.9. The van der Waals surface area contributed by atoms with E-state index in [1.165, 1.54) is 25.7 Å². The molecule has 0 atom stereocenters. The molecule has 3 nitrogen and oxygen atoms in total. The molecular formula is C16H29NO2. The third-order valence-electron chi connectivity index (χ3n) is 3.54. The summed E-state index contributed by atoms with van der Waals surface area (Å²) < 4.78 is 5.29. The summed E-state index contributed by atoms with van der Waals surface area (Å²) in [6.45, 7) is 7.75. The standard InChI is InChI=1S/C16H29NO2/c1-5-6-7-8-13-9-11-14(12-10-13)17-15(18)19-16(2,3)4/h5-6,13-14H,7-12H2,1-4H3,(H,17,18)/t13-,14-. The quantitative estimate of drug-likeness (QED) is 0.765. The molecule has 0 heterocycles. The van der Waals surface area contributed by atoms with Crippen LogP contribution in [0.1, 0.15) is 66.2 Å². The van der Waals surface area contributed by atoms with E-state index < -0.39 is 5.60 Å². The number of carbonyl (C=O) groups excluding carboxylic acids is 1. The molecule has 1 fully saturated rings. The number of rotatable bonds is 4. The number of hydrogen-bond donors (Lipinski definition) is 1. The topological polar surface area (TPSA) is 38.3 Å². The second-order valence-electron chi connectivity index (χ2n) is 6.51. The number of nitrogens with one attached hydrogen (secondary N) is 1. The van der Waals surface area contributed by atoms with Crippen LogP contribution in [-0.4, -0.2) is 17.7 Å². The summed E-state index contributed by atoms with van der Waals surface area (Å²) in [4.78, 5) is 11.7. The van der Waals surface area contributed by atoms with Gasteiger partial charge in [0.1, 0.15) is 5.60 Å². The Hall–Kier alpha value is -0.990. The molecule has 0 radical (unpaired) electrons. The van der Waals surface area contributed by atoms with E-state index in [9.17, 15) is 4.79 Å². The Balaban J connectivity index is 2.21. The SMILES string of the molecule is CC=CCC[C@H]1CC[C@H](NC(=O)OC(C)(C)C)CC1. The molecule has 0 aromatic carbocycles. The van der Waals surface area contributed by atoms with Crippen LogP contribution in [0.25, 0.3) is 0 Å². The molecule has 0 bridgehead atoms. The molecule has 110 valence electrons. The lowest BCUT2D eigenvalue weighted by Gasteiger charge is -2.30. The van der Waals surface area contributed by atoms with Crippen molar-refractivity contribution in [3.63, 3.8) is 0 Å². The Kier molecular flexibility index (Phi) is 6.40. The maximum absolute atomic E-state index is 11.7. The molecule has 1 aliphatic carbocycles. The average Bonchev–Trinajstić information content (AvgIpc) is 2.29. The maximum atomic E-state index is 11.7. The minimum Gasteiger partial charge on any atom is -0.444 e. The normalized spacial score (nSPS) is 24.4. The van der Waals surface area contributed by atoms with Gasteiger partial charge in [-0.05, 0) is 72.1 Å². The maximum Gasteiger partial charge on any atom is 0.407 e. The van der Waals surface area contributed by atoms with Crippen molar-refractivity contribution >= 4 is 6.09 Å². The van der Waals surface area contributed by atoms with Crippen molar-refractivity contribution in [2.24, 2.45) is 5.92 Å². The van der Waals surface area contributed by atoms with E-state index in [0.29, 0.717) is 6.04 Å². The van der Waals surface area contributed by atoms with Crippen LogP contribution in [-0.2, 0) is 4.74 Å². The van der Waals surface area contributed by atoms with E-state index in [2.05, 4.69) is 24.4 Å². The Bertz CT molecular complexity index is 296. The van der Waals surface area contributed by atoms with E-state index in [1.54, 1.807) is 0 Å². The molecule has 1 rings (SSSR count). The van der Waals surface area contributed by atoms with E-state index in [0.717, 1.165) is 18.8 Å². The lowest BCUT2D eigenvalue weighted by molar-refractivity contribution is 0.0487. The van der Waals surface area contributed by atoms with Crippen LogP contribution in [0.5, 0.6) is 0 Å². The number of amides is 1. The van der Waals surface area contributed by atoms with Gasteiger partial charge in [-0.2, -0.15) is 0 Å². The van der Waals surface area contributed by atoms with Gasteiger partial charge in [0, 0.05) is 6.04 Å². The monoisotopic (exact) mass is 267 g/mol. The highest BCUT2D eigenvalue weighted by molar-refractivity contribution is 5.68. The molecule has 1 saturated carbocycles. The fourth-order valence-electron chi connectivity index (χ4n) is 2.57. The number of hydrogen-bond acceptors (Lipinski definition) is 2. The molecular weight excluding hydrogens is 238 g/mol. The number of ether oxygens (including phenoxy) is 1. The number of allylic oxidation sites excluding steroid dienone is 2. The zero-order valence-corrected chi connectivity index (χ0v) is 12.9. The van der Waals surface area contributed by atoms with Crippen molar-refractivity contribution in [1.82, 2.24) is 5.32 Å². The van der Waals surface area contributed by atoms with E-state index in [-0.39, 0.29) is 6.09 Å². The van der Waals surface area contributed by atoms with Crippen LogP contribution in [0, 0.1) is 5.92 Å². The van der Waals surface area contributed by atoms with Crippen LogP contribution in [0.15, 0.2) is 12.2 Å². The molecule has 1 amide bonds. The van der Waals surface area contributed by atoms with E-state index in [1.807, 2.05) is 20.8 Å². The van der Waals surface area contributed by atoms with Crippen LogP contribution in [0.3, 0.4) is 0 Å². The Morgan fingerprint density at radius 3 is 2.42 bits per heavy atom. The first-order valence-electron chi connectivity index (χ1n) is 7.51. The van der Waals surface area contributed by atoms with Crippen LogP contribution in [0.2, 0.25) is 0 Å². The zero-order chi connectivity index (χ0) is 14.3. The molecule has 19 heavy (non-hydrogen) atoms. The summed E-state index contributed by atoms with van der Waals surface area (Å²) in [5, 5.41) is 2.99. The minimum atomic E-state index is -0.409. The van der Waals surface area contributed by atoms with Gasteiger partial charge in [0.25, 0.3) is 0 Å². The lowest BCUT2D eigenvalue weighted by atomic mass is 9.83. The summed E-state index contributed by atoms with van der Waals surface area (Å²) in [6, 6.07) is 0.299. The van der Waals surface area contributed by atoms with Crippen LogP contribution in [0.4, 0.5) is 4.79 Å². The van der Waals surface area contributed by atoms with Gasteiger partial charge in [0.15, 0.2) is 0 Å². The van der Waals surface area contributed by atoms with Crippen molar-refractivity contribution in [3.05, 3.63) is 12.2 Å². The highest BCUT2D eigenvalue weighted by Gasteiger charge is 2.24. The van der Waals surface area contributed by atoms with Gasteiger partial charge in [-0.3, -0.25) is 0 Å². The van der Waals surface area contributed by atoms with Crippen LogP contribution >= 0.6 is 0 Å². The molecule has 0 spiro atoms. The van der Waals surface area contributed by atoms with Crippen molar-refractivity contribution in [3.8, 4) is 0 Å².